The van der Waals surface area contributed by atoms with Crippen molar-refractivity contribution in [3.8, 4) is 11.4 Å². The van der Waals surface area contributed by atoms with Crippen LogP contribution in [0.5, 0.6) is 0 Å². The molecule has 2 aromatic carbocycles. The lowest BCUT2D eigenvalue weighted by molar-refractivity contribution is -0.159. The van der Waals surface area contributed by atoms with Gasteiger partial charge in [0.2, 0.25) is 15.7 Å². The zero-order valence-corrected chi connectivity index (χ0v) is 13.9. The maximum absolute atomic E-state index is 13.0. The quantitative estimate of drug-likeness (QED) is 0.679. The van der Waals surface area contributed by atoms with Crippen LogP contribution in [0.1, 0.15) is 16.2 Å². The van der Waals surface area contributed by atoms with Crippen LogP contribution >= 0.6 is 0 Å². The first-order chi connectivity index (χ1) is 12.7. The van der Waals surface area contributed by atoms with Crippen LogP contribution in [0.2, 0.25) is 0 Å². The first-order valence-electron chi connectivity index (χ1n) is 7.39. The monoisotopic (exact) mass is 395 g/mol. The van der Waals surface area contributed by atoms with Crippen molar-refractivity contribution in [2.24, 2.45) is 0 Å². The molecule has 0 fully saturated rings. The number of rotatable bonds is 1. The summed E-state index contributed by atoms with van der Waals surface area (Å²) in [4.78, 5) is 15.1. The molecule has 138 valence electrons. The largest absolute Gasteiger partial charge is 0.471 e. The van der Waals surface area contributed by atoms with E-state index in [-0.39, 0.29) is 26.6 Å². The summed E-state index contributed by atoms with van der Waals surface area (Å²) in [6.45, 7) is 0. The van der Waals surface area contributed by atoms with Gasteiger partial charge in [-0.2, -0.15) is 18.2 Å². The summed E-state index contributed by atoms with van der Waals surface area (Å²) in [6.07, 6.45) is -4.83. The number of amides is 1. The van der Waals surface area contributed by atoms with Crippen LogP contribution in [0.15, 0.2) is 56.8 Å². The first-order valence-corrected chi connectivity index (χ1v) is 8.87. The minimum atomic E-state index is -4.83. The van der Waals surface area contributed by atoms with Gasteiger partial charge in [-0.3, -0.25) is 4.79 Å². The Balaban J connectivity index is 1.91. The predicted molar refractivity (Wildman–Crippen MR) is 84.6 cm³/mol. The Morgan fingerprint density at radius 2 is 1.78 bits per heavy atom. The van der Waals surface area contributed by atoms with Gasteiger partial charge in [0.05, 0.1) is 21.0 Å². The molecule has 0 saturated heterocycles. The van der Waals surface area contributed by atoms with Gasteiger partial charge in [0, 0.05) is 5.56 Å². The highest BCUT2D eigenvalue weighted by Crippen LogP contribution is 2.36. The molecule has 0 bridgehead atoms. The SMILES string of the molecule is O=C1Nc2ccccc2S(=O)(=O)c2cc(-c3noc(C(F)(F)F)n3)ccc21. The maximum atomic E-state index is 13.0. The predicted octanol–water partition coefficient (Wildman–Crippen LogP) is 3.15. The van der Waals surface area contributed by atoms with E-state index in [1.165, 1.54) is 30.3 Å². The van der Waals surface area contributed by atoms with Crippen LogP contribution in [0.3, 0.4) is 0 Å². The van der Waals surface area contributed by atoms with E-state index in [4.69, 9.17) is 0 Å². The Kier molecular flexibility index (Phi) is 3.60. The molecule has 1 amide bonds. The Hall–Kier alpha value is -3.21. The Morgan fingerprint density at radius 1 is 1.04 bits per heavy atom. The van der Waals surface area contributed by atoms with Crippen molar-refractivity contribution in [2.75, 3.05) is 5.32 Å². The summed E-state index contributed by atoms with van der Waals surface area (Å²) >= 11 is 0. The summed E-state index contributed by atoms with van der Waals surface area (Å²) in [6, 6.07) is 9.30. The number of carbonyl (C=O) groups is 1. The van der Waals surface area contributed by atoms with Gasteiger partial charge in [0.25, 0.3) is 5.91 Å². The number of para-hydroxylation sites is 1. The molecule has 1 aliphatic heterocycles. The minimum absolute atomic E-state index is 0.0382. The molecule has 0 saturated carbocycles. The number of alkyl halides is 3. The van der Waals surface area contributed by atoms with Gasteiger partial charge in [-0.1, -0.05) is 23.4 Å². The molecular weight excluding hydrogens is 387 g/mol. The van der Waals surface area contributed by atoms with Crippen molar-refractivity contribution < 1.29 is 30.9 Å². The summed E-state index contributed by atoms with van der Waals surface area (Å²) in [5.41, 5.74) is -0.0718. The fraction of sp³-hybridized carbons (Fsp3) is 0.0625. The highest BCUT2D eigenvalue weighted by Gasteiger charge is 2.39. The molecule has 3 aromatic rings. The highest BCUT2D eigenvalue weighted by atomic mass is 32.2. The molecule has 0 radical (unpaired) electrons. The molecule has 1 aliphatic rings. The van der Waals surface area contributed by atoms with E-state index in [0.717, 1.165) is 6.07 Å². The standard InChI is InChI=1S/C16H8F3N3O4S/c17-16(18,19)15-21-13(22-26-15)8-5-6-9-12(7-8)27(24,25)11-4-2-1-3-10(11)20-14(9)23/h1-7H,(H,20,23). The molecule has 1 N–H and O–H groups in total. The molecule has 2 heterocycles. The lowest BCUT2D eigenvalue weighted by Crippen LogP contribution is -2.12. The van der Waals surface area contributed by atoms with Crippen LogP contribution in [0.25, 0.3) is 11.4 Å². The zero-order chi connectivity index (χ0) is 19.4. The first kappa shape index (κ1) is 17.2. The van der Waals surface area contributed by atoms with E-state index < -0.39 is 33.6 Å². The summed E-state index contributed by atoms with van der Waals surface area (Å²) in [7, 11) is -4.11. The van der Waals surface area contributed by atoms with Gasteiger partial charge in [-0.15, -0.1) is 0 Å². The number of benzene rings is 2. The Morgan fingerprint density at radius 3 is 2.48 bits per heavy atom. The number of hydrogen-bond acceptors (Lipinski definition) is 6. The summed E-state index contributed by atoms with van der Waals surface area (Å²) in [5.74, 6) is -2.66. The zero-order valence-electron chi connectivity index (χ0n) is 13.1. The summed E-state index contributed by atoms with van der Waals surface area (Å²) in [5, 5.41) is 5.74. The number of carbonyl (C=O) groups excluding carboxylic acids is 1. The molecule has 0 spiro atoms. The normalized spacial score (nSPS) is 15.4. The van der Waals surface area contributed by atoms with Crippen LogP contribution < -0.4 is 5.32 Å². The van der Waals surface area contributed by atoms with E-state index in [9.17, 15) is 26.4 Å². The average molecular weight is 395 g/mol. The van der Waals surface area contributed by atoms with Crippen molar-refractivity contribution in [1.29, 1.82) is 0 Å². The van der Waals surface area contributed by atoms with Crippen LogP contribution in [-0.4, -0.2) is 24.5 Å². The maximum Gasteiger partial charge on any atom is 0.471 e. The Bertz CT molecular complexity index is 1190. The number of nitrogens with one attached hydrogen (secondary N) is 1. The summed E-state index contributed by atoms with van der Waals surface area (Å²) < 4.78 is 68.0. The van der Waals surface area contributed by atoms with Gasteiger partial charge >= 0.3 is 12.1 Å². The van der Waals surface area contributed by atoms with E-state index in [1.807, 2.05) is 0 Å². The number of sulfone groups is 1. The van der Waals surface area contributed by atoms with E-state index in [0.29, 0.717) is 0 Å². The Labute approximate surface area is 149 Å². The van der Waals surface area contributed by atoms with Crippen molar-refractivity contribution in [1.82, 2.24) is 10.1 Å². The second-order valence-electron chi connectivity index (χ2n) is 5.59. The number of halogens is 3. The smallest absolute Gasteiger partial charge is 0.329 e. The lowest BCUT2D eigenvalue weighted by Gasteiger charge is -2.07. The highest BCUT2D eigenvalue weighted by molar-refractivity contribution is 7.91. The van der Waals surface area contributed by atoms with Crippen LogP contribution in [0.4, 0.5) is 18.9 Å². The fourth-order valence-corrected chi connectivity index (χ4v) is 4.28. The average Bonchev–Trinajstić information content (AvgIpc) is 3.09. The van der Waals surface area contributed by atoms with Gasteiger partial charge in [0.15, 0.2) is 0 Å². The molecule has 27 heavy (non-hydrogen) atoms. The minimum Gasteiger partial charge on any atom is -0.329 e. The van der Waals surface area contributed by atoms with Crippen molar-refractivity contribution >= 4 is 21.4 Å². The topological polar surface area (TPSA) is 102 Å². The molecule has 11 heteroatoms. The molecule has 0 aliphatic carbocycles. The fourth-order valence-electron chi connectivity index (χ4n) is 2.64. The van der Waals surface area contributed by atoms with Crippen molar-refractivity contribution in [3.63, 3.8) is 0 Å². The van der Waals surface area contributed by atoms with E-state index in [2.05, 4.69) is 20.0 Å². The van der Waals surface area contributed by atoms with Crippen molar-refractivity contribution in [2.45, 2.75) is 16.0 Å². The number of aromatic nitrogens is 2. The van der Waals surface area contributed by atoms with Crippen molar-refractivity contribution in [3.05, 3.63) is 53.9 Å². The van der Waals surface area contributed by atoms with Gasteiger partial charge in [-0.05, 0) is 24.3 Å². The number of hydrogen-bond donors (Lipinski definition) is 1. The molecular formula is C16H8F3N3O4S. The molecule has 1 aromatic heterocycles. The molecule has 4 rings (SSSR count). The lowest BCUT2D eigenvalue weighted by atomic mass is 10.1. The third-order valence-electron chi connectivity index (χ3n) is 3.87. The third kappa shape index (κ3) is 2.76. The second kappa shape index (κ2) is 5.64. The molecule has 0 atom stereocenters. The molecule has 7 nitrogen and oxygen atoms in total. The van der Waals surface area contributed by atoms with E-state index in [1.54, 1.807) is 6.07 Å². The van der Waals surface area contributed by atoms with Crippen LogP contribution in [0, 0.1) is 0 Å². The number of anilines is 1. The third-order valence-corrected chi connectivity index (χ3v) is 5.72. The van der Waals surface area contributed by atoms with Gasteiger partial charge in [-0.25, -0.2) is 8.42 Å². The number of fused-ring (bicyclic) bond motifs is 2. The van der Waals surface area contributed by atoms with Gasteiger partial charge < -0.3 is 9.84 Å². The number of nitrogens with zero attached hydrogens (tertiary/aromatic N) is 2. The second-order valence-corrected chi connectivity index (χ2v) is 7.47. The van der Waals surface area contributed by atoms with Gasteiger partial charge in [0.1, 0.15) is 0 Å². The van der Waals surface area contributed by atoms with Crippen LogP contribution in [-0.2, 0) is 16.0 Å². The van der Waals surface area contributed by atoms with E-state index >= 15 is 0 Å². The molecule has 0 unspecified atom stereocenters.